The first-order valence-electron chi connectivity index (χ1n) is 7.85. The van der Waals surface area contributed by atoms with E-state index in [2.05, 4.69) is 20.1 Å². The number of likely N-dealkylation sites (tertiary alicyclic amines) is 1. The molecule has 1 N–H and O–H groups in total. The number of H-pyrrole nitrogens is 1. The van der Waals surface area contributed by atoms with Crippen LogP contribution in [0.1, 0.15) is 42.4 Å². The second-order valence-corrected chi connectivity index (χ2v) is 8.16. The van der Waals surface area contributed by atoms with Crippen molar-refractivity contribution < 1.29 is 8.42 Å². The number of nitrogens with zero attached hydrogens (tertiary/aromatic N) is 3. The SMILES string of the molecule is Cc1cccc(CN2CCCCC2c2[nH]ncc2S(C)(=O)=O)n1. The minimum absolute atomic E-state index is 0.0401. The van der Waals surface area contributed by atoms with Crippen molar-refractivity contribution >= 4 is 9.84 Å². The summed E-state index contributed by atoms with van der Waals surface area (Å²) in [5, 5.41) is 6.89. The lowest BCUT2D eigenvalue weighted by atomic mass is 9.99. The average Bonchev–Trinajstić information content (AvgIpc) is 2.97. The molecule has 23 heavy (non-hydrogen) atoms. The summed E-state index contributed by atoms with van der Waals surface area (Å²) < 4.78 is 24.0. The second kappa shape index (κ2) is 6.41. The molecular formula is C16H22N4O2S. The molecule has 0 amide bonds. The molecule has 1 fully saturated rings. The topological polar surface area (TPSA) is 79.0 Å². The average molecular weight is 334 g/mol. The molecule has 0 radical (unpaired) electrons. The first-order chi connectivity index (χ1) is 10.9. The molecule has 0 aromatic carbocycles. The van der Waals surface area contributed by atoms with E-state index >= 15 is 0 Å². The van der Waals surface area contributed by atoms with Crippen molar-refractivity contribution in [3.05, 3.63) is 41.5 Å². The highest BCUT2D eigenvalue weighted by Gasteiger charge is 2.30. The van der Waals surface area contributed by atoms with E-state index in [-0.39, 0.29) is 6.04 Å². The zero-order valence-corrected chi connectivity index (χ0v) is 14.3. The van der Waals surface area contributed by atoms with E-state index in [9.17, 15) is 8.42 Å². The molecule has 1 aliphatic heterocycles. The molecule has 6 nitrogen and oxygen atoms in total. The summed E-state index contributed by atoms with van der Waals surface area (Å²) in [5.74, 6) is 0. The van der Waals surface area contributed by atoms with Crippen molar-refractivity contribution in [2.75, 3.05) is 12.8 Å². The van der Waals surface area contributed by atoms with E-state index in [1.165, 1.54) is 12.5 Å². The predicted octanol–water partition coefficient (Wildman–Crippen LogP) is 2.24. The summed E-state index contributed by atoms with van der Waals surface area (Å²) in [7, 11) is -3.28. The Morgan fingerprint density at radius 3 is 2.91 bits per heavy atom. The number of aryl methyl sites for hydroxylation is 1. The largest absolute Gasteiger partial charge is 0.289 e. The highest BCUT2D eigenvalue weighted by Crippen LogP contribution is 2.34. The molecule has 0 saturated carbocycles. The van der Waals surface area contributed by atoms with E-state index in [0.717, 1.165) is 37.2 Å². The van der Waals surface area contributed by atoms with Gasteiger partial charge in [-0.1, -0.05) is 12.5 Å². The summed E-state index contributed by atoms with van der Waals surface area (Å²) in [6.07, 6.45) is 5.78. The number of sulfone groups is 1. The molecule has 1 atom stereocenters. The van der Waals surface area contributed by atoms with Gasteiger partial charge >= 0.3 is 0 Å². The quantitative estimate of drug-likeness (QED) is 0.928. The van der Waals surface area contributed by atoms with Crippen LogP contribution in [-0.4, -0.2) is 41.3 Å². The van der Waals surface area contributed by atoms with Crippen LogP contribution < -0.4 is 0 Å². The van der Waals surface area contributed by atoms with Gasteiger partial charge in [0.2, 0.25) is 0 Å². The minimum Gasteiger partial charge on any atom is -0.289 e. The van der Waals surface area contributed by atoms with Crippen LogP contribution in [0.4, 0.5) is 0 Å². The maximum atomic E-state index is 12.0. The number of nitrogens with one attached hydrogen (secondary N) is 1. The Morgan fingerprint density at radius 1 is 1.35 bits per heavy atom. The van der Waals surface area contributed by atoms with Crippen molar-refractivity contribution in [1.29, 1.82) is 0 Å². The Morgan fingerprint density at radius 2 is 2.17 bits per heavy atom. The van der Waals surface area contributed by atoms with Crippen molar-refractivity contribution in [2.24, 2.45) is 0 Å². The fraction of sp³-hybridized carbons (Fsp3) is 0.500. The molecule has 1 aliphatic rings. The van der Waals surface area contributed by atoms with Gasteiger partial charge in [-0.05, 0) is 38.4 Å². The Bertz CT molecular complexity index is 785. The standard InChI is InChI=1S/C16H22N4O2S/c1-12-6-5-7-13(18-12)11-20-9-4-3-8-14(20)16-15(10-17-19-16)23(2,21)22/h5-7,10,14H,3-4,8-9,11H2,1-2H3,(H,17,19). The maximum absolute atomic E-state index is 12.0. The Labute approximate surface area is 136 Å². The number of aromatic amines is 1. The molecule has 0 aliphatic carbocycles. The van der Waals surface area contributed by atoms with Gasteiger partial charge in [-0.3, -0.25) is 15.0 Å². The lowest BCUT2D eigenvalue weighted by molar-refractivity contribution is 0.133. The number of piperidine rings is 1. The van der Waals surface area contributed by atoms with E-state index in [1.54, 1.807) is 0 Å². The molecule has 2 aromatic heterocycles. The highest BCUT2D eigenvalue weighted by atomic mass is 32.2. The van der Waals surface area contributed by atoms with Crippen LogP contribution in [0, 0.1) is 6.92 Å². The van der Waals surface area contributed by atoms with Crippen LogP contribution in [-0.2, 0) is 16.4 Å². The third kappa shape index (κ3) is 3.61. The maximum Gasteiger partial charge on any atom is 0.178 e. The van der Waals surface area contributed by atoms with Gasteiger partial charge < -0.3 is 0 Å². The van der Waals surface area contributed by atoms with Gasteiger partial charge in [0.25, 0.3) is 0 Å². The third-order valence-corrected chi connectivity index (χ3v) is 5.41. The van der Waals surface area contributed by atoms with Gasteiger partial charge in [0, 0.05) is 18.5 Å². The molecule has 7 heteroatoms. The van der Waals surface area contributed by atoms with Crippen molar-refractivity contribution in [3.63, 3.8) is 0 Å². The molecular weight excluding hydrogens is 312 g/mol. The Balaban J connectivity index is 1.89. The third-order valence-electron chi connectivity index (χ3n) is 4.29. The van der Waals surface area contributed by atoms with E-state index in [4.69, 9.17) is 0 Å². The molecule has 124 valence electrons. The number of rotatable bonds is 4. The molecule has 0 bridgehead atoms. The van der Waals surface area contributed by atoms with Gasteiger partial charge in [-0.2, -0.15) is 5.10 Å². The zero-order chi connectivity index (χ0) is 16.4. The fourth-order valence-corrected chi connectivity index (χ4v) is 4.05. The lowest BCUT2D eigenvalue weighted by Gasteiger charge is -2.35. The Kier molecular flexibility index (Phi) is 4.50. The Hall–Kier alpha value is -1.73. The molecule has 3 rings (SSSR count). The van der Waals surface area contributed by atoms with Gasteiger partial charge in [0.1, 0.15) is 4.90 Å². The van der Waals surface area contributed by atoms with Crippen molar-refractivity contribution in [1.82, 2.24) is 20.1 Å². The van der Waals surface area contributed by atoms with Crippen molar-refractivity contribution in [2.45, 2.75) is 43.7 Å². The molecule has 2 aromatic rings. The van der Waals surface area contributed by atoms with Crippen LogP contribution in [0.3, 0.4) is 0 Å². The van der Waals surface area contributed by atoms with Crippen LogP contribution >= 0.6 is 0 Å². The molecule has 1 unspecified atom stereocenters. The summed E-state index contributed by atoms with van der Waals surface area (Å²) >= 11 is 0. The van der Waals surface area contributed by atoms with Gasteiger partial charge in [0.05, 0.1) is 23.6 Å². The normalized spacial score (nSPS) is 19.8. The van der Waals surface area contributed by atoms with E-state index in [0.29, 0.717) is 17.1 Å². The zero-order valence-electron chi connectivity index (χ0n) is 13.5. The fourth-order valence-electron chi connectivity index (χ4n) is 3.22. The highest BCUT2D eigenvalue weighted by molar-refractivity contribution is 7.90. The molecule has 1 saturated heterocycles. The lowest BCUT2D eigenvalue weighted by Crippen LogP contribution is -2.34. The first kappa shape index (κ1) is 16.1. The first-order valence-corrected chi connectivity index (χ1v) is 9.74. The summed E-state index contributed by atoms with van der Waals surface area (Å²) in [6, 6.07) is 6.05. The summed E-state index contributed by atoms with van der Waals surface area (Å²) in [4.78, 5) is 7.18. The van der Waals surface area contributed by atoms with Gasteiger partial charge in [-0.15, -0.1) is 0 Å². The van der Waals surface area contributed by atoms with E-state index in [1.807, 2.05) is 25.1 Å². The summed E-state index contributed by atoms with van der Waals surface area (Å²) in [5.41, 5.74) is 2.71. The number of hydrogen-bond acceptors (Lipinski definition) is 5. The van der Waals surface area contributed by atoms with Crippen molar-refractivity contribution in [3.8, 4) is 0 Å². The number of hydrogen-bond donors (Lipinski definition) is 1. The number of aromatic nitrogens is 3. The van der Waals surface area contributed by atoms with Crippen LogP contribution in [0.25, 0.3) is 0 Å². The molecule has 0 spiro atoms. The predicted molar refractivity (Wildman–Crippen MR) is 87.7 cm³/mol. The summed E-state index contributed by atoms with van der Waals surface area (Å²) in [6.45, 7) is 3.63. The smallest absolute Gasteiger partial charge is 0.178 e. The van der Waals surface area contributed by atoms with E-state index < -0.39 is 9.84 Å². The second-order valence-electron chi connectivity index (χ2n) is 6.17. The molecule has 3 heterocycles. The van der Waals surface area contributed by atoms with Crippen LogP contribution in [0.5, 0.6) is 0 Å². The van der Waals surface area contributed by atoms with Crippen LogP contribution in [0.15, 0.2) is 29.3 Å². The number of pyridine rings is 1. The van der Waals surface area contributed by atoms with Crippen LogP contribution in [0.2, 0.25) is 0 Å². The minimum atomic E-state index is -3.28. The monoisotopic (exact) mass is 334 g/mol. The van der Waals surface area contributed by atoms with Gasteiger partial charge in [-0.25, -0.2) is 8.42 Å². The van der Waals surface area contributed by atoms with Gasteiger partial charge in [0.15, 0.2) is 9.84 Å².